The third kappa shape index (κ3) is 3.97. The molecule has 1 aliphatic carbocycles. The molecule has 1 aromatic carbocycles. The van der Waals surface area contributed by atoms with Crippen molar-refractivity contribution in [2.45, 2.75) is 32.2 Å². The van der Waals surface area contributed by atoms with Gasteiger partial charge in [0.15, 0.2) is 0 Å². The fraction of sp³-hybridized carbons (Fsp3) is 0.467. The Labute approximate surface area is 112 Å². The molecule has 0 bridgehead atoms. The van der Waals surface area contributed by atoms with Crippen molar-refractivity contribution in [1.29, 1.82) is 0 Å². The van der Waals surface area contributed by atoms with Gasteiger partial charge in [-0.25, -0.2) is 0 Å². The minimum Gasteiger partial charge on any atom is -0.310 e. The minimum absolute atomic E-state index is 0.429. The summed E-state index contributed by atoms with van der Waals surface area (Å²) in [5, 5.41) is 3.64. The van der Waals surface area contributed by atoms with E-state index in [2.05, 4.69) is 64.6 Å². The molecule has 0 aromatic heterocycles. The molecule has 0 heterocycles. The van der Waals surface area contributed by atoms with Crippen LogP contribution in [0.15, 0.2) is 40.9 Å². The predicted octanol–water partition coefficient (Wildman–Crippen LogP) is 4.46. The van der Waals surface area contributed by atoms with Crippen LogP contribution < -0.4 is 5.32 Å². The molecule has 2 atom stereocenters. The molecule has 0 spiro atoms. The highest BCUT2D eigenvalue weighted by molar-refractivity contribution is 9.10. The van der Waals surface area contributed by atoms with Gasteiger partial charge in [-0.15, -0.1) is 0 Å². The molecular weight excluding hydrogens is 274 g/mol. The highest BCUT2D eigenvalue weighted by Crippen LogP contribution is 2.20. The number of hydrogen-bond acceptors (Lipinski definition) is 1. The lowest BCUT2D eigenvalue weighted by Crippen LogP contribution is -2.26. The van der Waals surface area contributed by atoms with Gasteiger partial charge in [0.2, 0.25) is 0 Å². The van der Waals surface area contributed by atoms with E-state index in [9.17, 15) is 0 Å². The Hall–Kier alpha value is -0.600. The van der Waals surface area contributed by atoms with Crippen LogP contribution >= 0.6 is 15.9 Å². The zero-order valence-corrected chi connectivity index (χ0v) is 11.9. The SMILES string of the molecule is CC(NCC1CC=CCC1)c1cccc(Br)c1. The summed E-state index contributed by atoms with van der Waals surface area (Å²) in [5.74, 6) is 0.814. The highest BCUT2D eigenvalue weighted by Gasteiger charge is 2.12. The average Bonchev–Trinajstić information content (AvgIpc) is 2.37. The molecule has 92 valence electrons. The molecule has 0 aliphatic heterocycles. The molecule has 2 rings (SSSR count). The van der Waals surface area contributed by atoms with Crippen LogP contribution in [0.4, 0.5) is 0 Å². The first-order valence-electron chi connectivity index (χ1n) is 6.39. The van der Waals surface area contributed by atoms with E-state index in [1.165, 1.54) is 24.8 Å². The van der Waals surface area contributed by atoms with Gasteiger partial charge >= 0.3 is 0 Å². The van der Waals surface area contributed by atoms with Crippen molar-refractivity contribution < 1.29 is 0 Å². The Morgan fingerprint density at radius 2 is 2.29 bits per heavy atom. The summed E-state index contributed by atoms with van der Waals surface area (Å²) >= 11 is 3.52. The fourth-order valence-corrected chi connectivity index (χ4v) is 2.70. The quantitative estimate of drug-likeness (QED) is 0.809. The number of benzene rings is 1. The molecule has 2 unspecified atom stereocenters. The van der Waals surface area contributed by atoms with Crippen molar-refractivity contribution in [3.05, 3.63) is 46.5 Å². The van der Waals surface area contributed by atoms with Gasteiger partial charge in [0.05, 0.1) is 0 Å². The monoisotopic (exact) mass is 293 g/mol. The second-order valence-electron chi connectivity index (χ2n) is 4.84. The summed E-state index contributed by atoms with van der Waals surface area (Å²) in [4.78, 5) is 0. The highest BCUT2D eigenvalue weighted by atomic mass is 79.9. The van der Waals surface area contributed by atoms with E-state index >= 15 is 0 Å². The molecule has 0 saturated heterocycles. The van der Waals surface area contributed by atoms with E-state index in [1.807, 2.05) is 0 Å². The van der Waals surface area contributed by atoms with Crippen molar-refractivity contribution in [3.63, 3.8) is 0 Å². The molecule has 0 radical (unpaired) electrons. The lowest BCUT2D eigenvalue weighted by molar-refractivity contribution is 0.415. The van der Waals surface area contributed by atoms with Gasteiger partial charge in [0.1, 0.15) is 0 Å². The van der Waals surface area contributed by atoms with Crippen molar-refractivity contribution in [2.75, 3.05) is 6.54 Å². The lowest BCUT2D eigenvalue weighted by Gasteiger charge is -2.21. The van der Waals surface area contributed by atoms with Crippen molar-refractivity contribution >= 4 is 15.9 Å². The lowest BCUT2D eigenvalue weighted by atomic mass is 9.94. The van der Waals surface area contributed by atoms with Crippen LogP contribution in [0.5, 0.6) is 0 Å². The van der Waals surface area contributed by atoms with E-state index in [0.717, 1.165) is 16.9 Å². The second kappa shape index (κ2) is 6.36. The number of hydrogen-bond donors (Lipinski definition) is 1. The van der Waals surface area contributed by atoms with Crippen LogP contribution in [0.25, 0.3) is 0 Å². The first-order valence-corrected chi connectivity index (χ1v) is 7.19. The molecular formula is C15H20BrN. The van der Waals surface area contributed by atoms with E-state index in [0.29, 0.717) is 6.04 Å². The molecule has 1 aromatic rings. The molecule has 0 fully saturated rings. The smallest absolute Gasteiger partial charge is 0.0292 e. The zero-order valence-electron chi connectivity index (χ0n) is 10.3. The molecule has 1 aliphatic rings. The molecule has 1 nitrogen and oxygen atoms in total. The van der Waals surface area contributed by atoms with Crippen LogP contribution in [0.3, 0.4) is 0 Å². The van der Waals surface area contributed by atoms with E-state index in [1.54, 1.807) is 0 Å². The van der Waals surface area contributed by atoms with Gasteiger partial charge < -0.3 is 5.32 Å². The zero-order chi connectivity index (χ0) is 12.1. The number of rotatable bonds is 4. The van der Waals surface area contributed by atoms with Gasteiger partial charge in [0, 0.05) is 10.5 Å². The second-order valence-corrected chi connectivity index (χ2v) is 5.75. The largest absolute Gasteiger partial charge is 0.310 e. The number of halogens is 1. The fourth-order valence-electron chi connectivity index (χ4n) is 2.28. The summed E-state index contributed by atoms with van der Waals surface area (Å²) in [5.41, 5.74) is 1.35. The number of nitrogens with one attached hydrogen (secondary N) is 1. The third-order valence-corrected chi connectivity index (χ3v) is 3.93. The summed E-state index contributed by atoms with van der Waals surface area (Å²) in [6.45, 7) is 3.36. The van der Waals surface area contributed by atoms with Crippen LogP contribution in [-0.2, 0) is 0 Å². The van der Waals surface area contributed by atoms with Gasteiger partial charge in [-0.3, -0.25) is 0 Å². The molecule has 0 amide bonds. The first kappa shape index (κ1) is 12.8. The van der Waals surface area contributed by atoms with Crippen LogP contribution in [-0.4, -0.2) is 6.54 Å². The van der Waals surface area contributed by atoms with E-state index < -0.39 is 0 Å². The molecule has 2 heteroatoms. The summed E-state index contributed by atoms with van der Waals surface area (Å²) in [6, 6.07) is 8.98. The summed E-state index contributed by atoms with van der Waals surface area (Å²) in [6.07, 6.45) is 8.43. The summed E-state index contributed by atoms with van der Waals surface area (Å²) < 4.78 is 1.16. The number of allylic oxidation sites excluding steroid dienone is 2. The predicted molar refractivity (Wildman–Crippen MR) is 77.0 cm³/mol. The van der Waals surface area contributed by atoms with Gasteiger partial charge in [-0.05, 0) is 56.3 Å². The Balaban J connectivity index is 1.84. The minimum atomic E-state index is 0.429. The van der Waals surface area contributed by atoms with Crippen molar-refractivity contribution in [2.24, 2.45) is 5.92 Å². The maximum Gasteiger partial charge on any atom is 0.0292 e. The standard InChI is InChI=1S/C15H20BrN/c1-12(14-8-5-9-15(16)10-14)17-11-13-6-3-2-4-7-13/h2-3,5,8-10,12-13,17H,4,6-7,11H2,1H3. The Kier molecular flexibility index (Phi) is 4.81. The van der Waals surface area contributed by atoms with Crippen LogP contribution in [0, 0.1) is 5.92 Å². The first-order chi connectivity index (χ1) is 8.25. The van der Waals surface area contributed by atoms with Crippen LogP contribution in [0.1, 0.15) is 37.8 Å². The maximum absolute atomic E-state index is 3.64. The molecule has 17 heavy (non-hydrogen) atoms. The van der Waals surface area contributed by atoms with Crippen molar-refractivity contribution in [1.82, 2.24) is 5.32 Å². The third-order valence-electron chi connectivity index (χ3n) is 3.44. The maximum atomic E-state index is 3.64. The molecule has 1 N–H and O–H groups in total. The molecule has 0 saturated carbocycles. The van der Waals surface area contributed by atoms with Gasteiger partial charge in [-0.1, -0.05) is 40.2 Å². The topological polar surface area (TPSA) is 12.0 Å². The van der Waals surface area contributed by atoms with E-state index in [4.69, 9.17) is 0 Å². The Morgan fingerprint density at radius 1 is 1.41 bits per heavy atom. The normalized spacial score (nSPS) is 21.4. The Bertz CT molecular complexity index is 386. The summed E-state index contributed by atoms with van der Waals surface area (Å²) in [7, 11) is 0. The van der Waals surface area contributed by atoms with Gasteiger partial charge in [-0.2, -0.15) is 0 Å². The van der Waals surface area contributed by atoms with Crippen LogP contribution in [0.2, 0.25) is 0 Å². The van der Waals surface area contributed by atoms with Gasteiger partial charge in [0.25, 0.3) is 0 Å². The van der Waals surface area contributed by atoms with Crippen molar-refractivity contribution in [3.8, 4) is 0 Å². The Morgan fingerprint density at radius 3 is 3.00 bits per heavy atom. The van der Waals surface area contributed by atoms with E-state index in [-0.39, 0.29) is 0 Å². The average molecular weight is 294 g/mol.